The van der Waals surface area contributed by atoms with Gasteiger partial charge in [0, 0.05) is 6.08 Å². The number of carboxylic acid groups (broad SMARTS) is 1. The molecule has 1 N–H and O–H groups in total. The summed E-state index contributed by atoms with van der Waals surface area (Å²) in [6.07, 6.45) is 3.68. The highest BCUT2D eigenvalue weighted by atomic mass is 16.5. The van der Waals surface area contributed by atoms with Crippen molar-refractivity contribution in [1.29, 1.82) is 0 Å². The molecule has 1 rings (SSSR count). The highest BCUT2D eigenvalue weighted by Crippen LogP contribution is 2.25. The van der Waals surface area contributed by atoms with E-state index >= 15 is 0 Å². The highest BCUT2D eigenvalue weighted by molar-refractivity contribution is 5.79. The van der Waals surface area contributed by atoms with Gasteiger partial charge in [0.25, 0.3) is 0 Å². The molecule has 0 saturated carbocycles. The van der Waals surface area contributed by atoms with E-state index in [0.717, 1.165) is 17.7 Å². The van der Waals surface area contributed by atoms with Crippen LogP contribution >= 0.6 is 0 Å². The van der Waals surface area contributed by atoms with Crippen molar-refractivity contribution in [3.05, 3.63) is 42.0 Å². The van der Waals surface area contributed by atoms with Gasteiger partial charge in [-0.3, -0.25) is 0 Å². The van der Waals surface area contributed by atoms with Crippen molar-refractivity contribution in [3.63, 3.8) is 0 Å². The molecule has 0 aliphatic heterocycles. The molecule has 0 heterocycles. The first kappa shape index (κ1) is 13.3. The van der Waals surface area contributed by atoms with Gasteiger partial charge < -0.3 is 9.84 Å². The third kappa shape index (κ3) is 4.72. The van der Waals surface area contributed by atoms with E-state index in [0.29, 0.717) is 0 Å². The lowest BCUT2D eigenvalue weighted by atomic mass is 9.85. The van der Waals surface area contributed by atoms with Gasteiger partial charge in [0.05, 0.1) is 7.11 Å². The summed E-state index contributed by atoms with van der Waals surface area (Å²) in [6, 6.07) is 7.81. The quantitative estimate of drug-likeness (QED) is 0.797. The molecule has 0 aliphatic rings. The third-order valence-corrected chi connectivity index (χ3v) is 2.47. The Bertz CT molecular complexity index is 419. The van der Waals surface area contributed by atoms with Crippen LogP contribution in [0, 0.1) is 5.41 Å². The molecule has 0 radical (unpaired) electrons. The first-order valence-corrected chi connectivity index (χ1v) is 5.48. The van der Waals surface area contributed by atoms with E-state index in [9.17, 15) is 4.79 Å². The highest BCUT2D eigenvalue weighted by Gasteiger charge is 2.15. The van der Waals surface area contributed by atoms with Gasteiger partial charge in [-0.1, -0.05) is 32.1 Å². The van der Waals surface area contributed by atoms with Crippen LogP contribution in [0.3, 0.4) is 0 Å². The zero-order valence-electron chi connectivity index (χ0n) is 10.4. The van der Waals surface area contributed by atoms with E-state index in [4.69, 9.17) is 9.84 Å². The van der Waals surface area contributed by atoms with Crippen LogP contribution in [0.15, 0.2) is 36.4 Å². The van der Waals surface area contributed by atoms with Crippen molar-refractivity contribution >= 4 is 5.97 Å². The molecule has 0 fully saturated rings. The number of carboxylic acids is 1. The van der Waals surface area contributed by atoms with Gasteiger partial charge in [-0.15, -0.1) is 0 Å². The number of benzene rings is 1. The number of carbonyl (C=O) groups is 1. The molecule has 1 aromatic rings. The summed E-state index contributed by atoms with van der Waals surface area (Å²) in [6.45, 7) is 4.01. The molecule has 92 valence electrons. The molecular formula is C14H18O3. The van der Waals surface area contributed by atoms with Crippen molar-refractivity contribution in [2.75, 3.05) is 7.11 Å². The first-order valence-electron chi connectivity index (χ1n) is 5.48. The number of allylic oxidation sites excluding steroid dienone is 1. The summed E-state index contributed by atoms with van der Waals surface area (Å²) in [7, 11) is 1.63. The van der Waals surface area contributed by atoms with Crippen LogP contribution in [0.5, 0.6) is 5.75 Å². The predicted octanol–water partition coefficient (Wildman–Crippen LogP) is 2.90. The van der Waals surface area contributed by atoms with Gasteiger partial charge in [0.1, 0.15) is 5.75 Å². The van der Waals surface area contributed by atoms with Crippen molar-refractivity contribution in [3.8, 4) is 5.75 Å². The average Bonchev–Trinajstić information content (AvgIpc) is 2.26. The number of rotatable bonds is 5. The Hall–Kier alpha value is -1.77. The fourth-order valence-corrected chi connectivity index (χ4v) is 1.66. The fourth-order valence-electron chi connectivity index (χ4n) is 1.66. The topological polar surface area (TPSA) is 46.5 Å². The summed E-state index contributed by atoms with van der Waals surface area (Å²) in [5, 5.41) is 8.62. The molecule has 3 nitrogen and oxygen atoms in total. The molecule has 0 atom stereocenters. The number of ether oxygens (including phenoxy) is 1. The van der Waals surface area contributed by atoms with Gasteiger partial charge >= 0.3 is 5.97 Å². The van der Waals surface area contributed by atoms with E-state index in [2.05, 4.69) is 0 Å². The Labute approximate surface area is 102 Å². The van der Waals surface area contributed by atoms with Crippen LogP contribution < -0.4 is 4.74 Å². The summed E-state index contributed by atoms with van der Waals surface area (Å²) in [5.74, 6) is -0.0933. The molecule has 1 aromatic carbocycles. The number of hydrogen-bond acceptors (Lipinski definition) is 2. The summed E-state index contributed by atoms with van der Waals surface area (Å²) in [5.41, 5.74) is 0.939. The fraction of sp³-hybridized carbons (Fsp3) is 0.357. The lowest BCUT2D eigenvalue weighted by Gasteiger charge is -2.20. The van der Waals surface area contributed by atoms with E-state index in [1.807, 2.05) is 38.1 Å². The van der Waals surface area contributed by atoms with Gasteiger partial charge in [0.15, 0.2) is 0 Å². The van der Waals surface area contributed by atoms with Gasteiger partial charge in [-0.05, 0) is 29.5 Å². The minimum absolute atomic E-state index is 0.190. The molecule has 0 aromatic heterocycles. The Morgan fingerprint density at radius 3 is 2.76 bits per heavy atom. The lowest BCUT2D eigenvalue weighted by molar-refractivity contribution is -0.131. The van der Waals surface area contributed by atoms with Crippen LogP contribution in [0.2, 0.25) is 0 Å². The predicted molar refractivity (Wildman–Crippen MR) is 67.3 cm³/mol. The second-order valence-corrected chi connectivity index (χ2v) is 4.69. The number of aliphatic carboxylic acids is 1. The summed E-state index contributed by atoms with van der Waals surface area (Å²) >= 11 is 0. The molecule has 0 saturated heterocycles. The van der Waals surface area contributed by atoms with E-state index in [-0.39, 0.29) is 5.41 Å². The molecule has 0 unspecified atom stereocenters. The minimum Gasteiger partial charge on any atom is -0.497 e. The SMILES string of the molecule is COc1cccc(CC(C)(C)/C=C/C(=O)O)c1. The maximum Gasteiger partial charge on any atom is 0.327 e. The molecule has 0 amide bonds. The largest absolute Gasteiger partial charge is 0.497 e. The Kier molecular flexibility index (Phi) is 4.32. The molecule has 17 heavy (non-hydrogen) atoms. The maximum absolute atomic E-state index is 10.5. The average molecular weight is 234 g/mol. The van der Waals surface area contributed by atoms with Crippen LogP contribution in [0.4, 0.5) is 0 Å². The monoisotopic (exact) mass is 234 g/mol. The Balaban J connectivity index is 2.78. The van der Waals surface area contributed by atoms with Crippen LogP contribution in [0.1, 0.15) is 19.4 Å². The van der Waals surface area contributed by atoms with Crippen molar-refractivity contribution in [1.82, 2.24) is 0 Å². The van der Waals surface area contributed by atoms with Gasteiger partial charge in [-0.2, -0.15) is 0 Å². The normalized spacial score (nSPS) is 11.7. The van der Waals surface area contributed by atoms with Crippen LogP contribution in [0.25, 0.3) is 0 Å². The second-order valence-electron chi connectivity index (χ2n) is 4.69. The first-order chi connectivity index (χ1) is 7.93. The zero-order valence-corrected chi connectivity index (χ0v) is 10.4. The Morgan fingerprint density at radius 1 is 1.47 bits per heavy atom. The third-order valence-electron chi connectivity index (χ3n) is 2.47. The standard InChI is InChI=1S/C14H18O3/c1-14(2,8-7-13(15)16)10-11-5-4-6-12(9-11)17-3/h4-9H,10H2,1-3H3,(H,15,16)/b8-7+. The maximum atomic E-state index is 10.5. The van der Waals surface area contributed by atoms with E-state index in [1.165, 1.54) is 6.08 Å². The van der Waals surface area contributed by atoms with Gasteiger partial charge in [-0.25, -0.2) is 4.79 Å². The van der Waals surface area contributed by atoms with Crippen LogP contribution in [-0.4, -0.2) is 18.2 Å². The summed E-state index contributed by atoms with van der Waals surface area (Å²) in [4.78, 5) is 10.5. The molecule has 0 spiro atoms. The Morgan fingerprint density at radius 2 is 2.18 bits per heavy atom. The van der Waals surface area contributed by atoms with Crippen molar-refractivity contribution in [2.24, 2.45) is 5.41 Å². The van der Waals surface area contributed by atoms with Gasteiger partial charge in [0.2, 0.25) is 0 Å². The number of methoxy groups -OCH3 is 1. The van der Waals surface area contributed by atoms with E-state index < -0.39 is 5.97 Å². The molecule has 0 bridgehead atoms. The molecular weight excluding hydrogens is 216 g/mol. The number of hydrogen-bond donors (Lipinski definition) is 1. The second kappa shape index (κ2) is 5.53. The van der Waals surface area contributed by atoms with Crippen molar-refractivity contribution in [2.45, 2.75) is 20.3 Å². The summed E-state index contributed by atoms with van der Waals surface area (Å²) < 4.78 is 5.16. The lowest BCUT2D eigenvalue weighted by Crippen LogP contribution is -2.12. The van der Waals surface area contributed by atoms with E-state index in [1.54, 1.807) is 13.2 Å². The van der Waals surface area contributed by atoms with Crippen LogP contribution in [-0.2, 0) is 11.2 Å². The molecule has 3 heteroatoms. The molecule has 0 aliphatic carbocycles. The van der Waals surface area contributed by atoms with Crippen molar-refractivity contribution < 1.29 is 14.6 Å². The zero-order chi connectivity index (χ0) is 12.9. The smallest absolute Gasteiger partial charge is 0.327 e. The minimum atomic E-state index is -0.913.